The first-order valence-corrected chi connectivity index (χ1v) is 13.4. The van der Waals surface area contributed by atoms with Gasteiger partial charge in [0, 0.05) is 23.3 Å². The molecule has 0 saturated heterocycles. The molecule has 1 atom stereocenters. The Morgan fingerprint density at radius 3 is 1.73 bits per heavy atom. The van der Waals surface area contributed by atoms with E-state index in [9.17, 15) is 0 Å². The molecule has 3 heterocycles. The van der Waals surface area contributed by atoms with E-state index >= 15 is 0 Å². The first-order valence-electron chi connectivity index (χ1n) is 13.4. The molecule has 40 heavy (non-hydrogen) atoms. The topological polar surface area (TPSA) is 44.5 Å². The van der Waals surface area contributed by atoms with Gasteiger partial charge < -0.3 is 19.3 Å². The maximum atomic E-state index is 5.71. The van der Waals surface area contributed by atoms with Crippen LogP contribution in [-0.2, 0) is 0 Å². The van der Waals surface area contributed by atoms with Crippen LogP contribution in [0.2, 0.25) is 0 Å². The van der Waals surface area contributed by atoms with Crippen molar-refractivity contribution in [2.75, 3.05) is 0 Å². The van der Waals surface area contributed by atoms with Crippen LogP contribution in [-0.4, -0.2) is 10.5 Å². The highest BCUT2D eigenvalue weighted by molar-refractivity contribution is 6.17. The highest BCUT2D eigenvalue weighted by atomic mass is 16.3. The molecule has 2 aromatic heterocycles. The van der Waals surface area contributed by atoms with Crippen LogP contribution in [0.1, 0.15) is 17.2 Å². The highest BCUT2D eigenvalue weighted by Gasteiger charge is 2.23. The molecule has 0 bridgehead atoms. The van der Waals surface area contributed by atoms with Crippen molar-refractivity contribution in [2.45, 2.75) is 6.04 Å². The molecular weight excluding hydrogens is 490 g/mol. The van der Waals surface area contributed by atoms with Crippen molar-refractivity contribution >= 4 is 33.5 Å². The minimum absolute atomic E-state index is 0.271. The lowest BCUT2D eigenvalue weighted by molar-refractivity contribution is 0.564. The molecule has 0 saturated carbocycles. The fourth-order valence-corrected chi connectivity index (χ4v) is 5.82. The lowest BCUT2D eigenvalue weighted by Gasteiger charge is -2.33. The number of aliphatic imine (C=N–C) groups is 1. The fraction of sp³-hybridized carbons (Fsp3) is 0.0278. The number of benzene rings is 5. The average Bonchev–Trinajstić information content (AvgIpc) is 3.64. The van der Waals surface area contributed by atoms with Crippen LogP contribution in [0.15, 0.2) is 149 Å². The number of nitrogens with zero attached hydrogens (tertiary/aromatic N) is 3. The minimum atomic E-state index is -0.271. The monoisotopic (exact) mass is 514 g/mol. The molecule has 1 aliphatic rings. The third-order valence-corrected chi connectivity index (χ3v) is 7.70. The van der Waals surface area contributed by atoms with E-state index in [0.717, 1.165) is 39.0 Å². The Hall–Kier alpha value is -5.35. The average molecular weight is 515 g/mol. The molecule has 8 rings (SSSR count). The lowest BCUT2D eigenvalue weighted by Crippen LogP contribution is -2.17. The van der Waals surface area contributed by atoms with E-state index in [1.807, 2.05) is 12.1 Å². The summed E-state index contributed by atoms with van der Waals surface area (Å²) in [4.78, 5) is 5.00. The minimum Gasteiger partial charge on any atom is -0.471 e. The summed E-state index contributed by atoms with van der Waals surface area (Å²) in [6.45, 7) is 0. The van der Waals surface area contributed by atoms with Crippen LogP contribution in [0.3, 0.4) is 0 Å². The zero-order valence-corrected chi connectivity index (χ0v) is 21.6. The molecule has 5 aromatic carbocycles. The van der Waals surface area contributed by atoms with E-state index in [4.69, 9.17) is 14.7 Å². The maximum absolute atomic E-state index is 5.71. The molecule has 0 fully saturated rings. The number of rotatable bonds is 3. The van der Waals surface area contributed by atoms with E-state index in [1.54, 1.807) is 12.5 Å². The van der Waals surface area contributed by atoms with Gasteiger partial charge in [0.1, 0.15) is 6.26 Å². The van der Waals surface area contributed by atoms with Gasteiger partial charge in [-0.1, -0.05) is 109 Å². The molecule has 1 unspecified atom stereocenters. The highest BCUT2D eigenvalue weighted by Crippen LogP contribution is 2.44. The van der Waals surface area contributed by atoms with Crippen molar-refractivity contribution < 1.29 is 4.42 Å². The summed E-state index contributed by atoms with van der Waals surface area (Å²) in [5, 5.41) is 7.70. The third-order valence-electron chi connectivity index (χ3n) is 7.70. The molecule has 0 radical (unpaired) electrons. The normalized spacial score (nSPS) is 14.6. The number of para-hydroxylation sites is 2. The van der Waals surface area contributed by atoms with E-state index < -0.39 is 0 Å². The van der Waals surface area contributed by atoms with Crippen molar-refractivity contribution in [3.05, 3.63) is 156 Å². The molecule has 0 N–H and O–H groups in total. The van der Waals surface area contributed by atoms with Gasteiger partial charge in [-0.2, -0.15) is 0 Å². The molecule has 4 heteroatoms. The second-order valence-corrected chi connectivity index (χ2v) is 10.1. The quantitative estimate of drug-likeness (QED) is 0.231. The second-order valence-electron chi connectivity index (χ2n) is 10.1. The summed E-state index contributed by atoms with van der Waals surface area (Å²) in [6.07, 6.45) is 3.51. The van der Waals surface area contributed by atoms with Gasteiger partial charge in [0.15, 0.2) is 0 Å². The van der Waals surface area contributed by atoms with Crippen LogP contribution in [0.5, 0.6) is 0 Å². The summed E-state index contributed by atoms with van der Waals surface area (Å²) in [6, 6.07) is 44.4. The number of furan rings is 1. The first-order chi connectivity index (χ1) is 19.8. The standard InChI is InChI=1S/C36H24N3O/c1-3-11-24(12-4-1)26-19-27(25-13-5-2-6-14-25)21-28(20-26)35-31-22-40-23-32(31)37-36(38-35)39-33-17-9-7-15-29(33)30-16-8-10-18-34(30)39/h1-23,35H/q-1. The summed E-state index contributed by atoms with van der Waals surface area (Å²) >= 11 is 0. The van der Waals surface area contributed by atoms with Crippen molar-refractivity contribution in [1.82, 2.24) is 4.57 Å². The Bertz CT molecular complexity index is 1920. The second kappa shape index (κ2) is 9.14. The number of hydrogen-bond donors (Lipinski definition) is 0. The predicted molar refractivity (Wildman–Crippen MR) is 163 cm³/mol. The first kappa shape index (κ1) is 22.6. The fourth-order valence-electron chi connectivity index (χ4n) is 5.82. The molecular formula is C36H24N3O-. The Balaban J connectivity index is 1.33. The number of fused-ring (bicyclic) bond motifs is 4. The molecule has 4 nitrogen and oxygen atoms in total. The van der Waals surface area contributed by atoms with Crippen molar-refractivity contribution in [1.29, 1.82) is 0 Å². The van der Waals surface area contributed by atoms with Gasteiger partial charge >= 0.3 is 0 Å². The SMILES string of the molecule is c1ccc(-c2cc(-c3ccccc3)cc(C3[N-]C(n4c5ccccc5c5ccccc54)=Nc4cocc43)c2)cc1. The van der Waals surface area contributed by atoms with Gasteiger partial charge in [0.05, 0.1) is 6.26 Å². The third kappa shape index (κ3) is 3.65. The van der Waals surface area contributed by atoms with Gasteiger partial charge in [0.25, 0.3) is 0 Å². The van der Waals surface area contributed by atoms with Gasteiger partial charge in [-0.25, -0.2) is 0 Å². The zero-order chi connectivity index (χ0) is 26.5. The molecule has 0 spiro atoms. The van der Waals surface area contributed by atoms with E-state index in [0.29, 0.717) is 5.96 Å². The number of aromatic nitrogens is 1. The van der Waals surface area contributed by atoms with Crippen LogP contribution in [0.25, 0.3) is 49.4 Å². The largest absolute Gasteiger partial charge is 0.471 e. The van der Waals surface area contributed by atoms with E-state index in [-0.39, 0.29) is 6.04 Å². The Kier molecular flexibility index (Phi) is 5.17. The van der Waals surface area contributed by atoms with Crippen LogP contribution in [0, 0.1) is 0 Å². The summed E-state index contributed by atoms with van der Waals surface area (Å²) in [7, 11) is 0. The van der Waals surface area contributed by atoms with Crippen molar-refractivity contribution in [3.8, 4) is 22.3 Å². The Morgan fingerprint density at radius 1 is 0.575 bits per heavy atom. The van der Waals surface area contributed by atoms with Gasteiger partial charge in [0.2, 0.25) is 0 Å². The Morgan fingerprint density at radius 2 is 1.12 bits per heavy atom. The number of hydrogen-bond acceptors (Lipinski definition) is 2. The summed E-state index contributed by atoms with van der Waals surface area (Å²) in [5.41, 5.74) is 9.67. The smallest absolute Gasteiger partial charge is 0.100 e. The van der Waals surface area contributed by atoms with Gasteiger partial charge in [-0.3, -0.25) is 0 Å². The van der Waals surface area contributed by atoms with Crippen molar-refractivity contribution in [2.24, 2.45) is 4.99 Å². The molecule has 1 aliphatic heterocycles. The van der Waals surface area contributed by atoms with Crippen LogP contribution in [0.4, 0.5) is 5.69 Å². The van der Waals surface area contributed by atoms with Crippen LogP contribution >= 0.6 is 0 Å². The lowest BCUT2D eigenvalue weighted by atomic mass is 9.91. The molecule has 190 valence electrons. The Labute approximate surface area is 231 Å². The van der Waals surface area contributed by atoms with Gasteiger partial charge in [-0.15, -0.1) is 0 Å². The summed E-state index contributed by atoms with van der Waals surface area (Å²) < 4.78 is 7.89. The van der Waals surface area contributed by atoms with Crippen molar-refractivity contribution in [3.63, 3.8) is 0 Å². The maximum Gasteiger partial charge on any atom is 0.100 e. The van der Waals surface area contributed by atoms with E-state index in [1.165, 1.54) is 21.9 Å². The summed E-state index contributed by atoms with van der Waals surface area (Å²) in [5.74, 6) is 0.655. The molecule has 0 aliphatic carbocycles. The zero-order valence-electron chi connectivity index (χ0n) is 21.6. The van der Waals surface area contributed by atoms with Gasteiger partial charge in [-0.05, 0) is 67.8 Å². The molecule has 7 aromatic rings. The van der Waals surface area contributed by atoms with Crippen LogP contribution < -0.4 is 0 Å². The molecule has 0 amide bonds. The predicted octanol–water partition coefficient (Wildman–Crippen LogP) is 9.73. The van der Waals surface area contributed by atoms with E-state index in [2.05, 4.69) is 120 Å².